The van der Waals surface area contributed by atoms with E-state index in [-0.39, 0.29) is 17.9 Å². The molecule has 1 atom stereocenters. The number of aryl methyl sites for hydroxylation is 1. The number of hydrogen-bond donors (Lipinski definition) is 1. The fourth-order valence-corrected chi connectivity index (χ4v) is 4.62. The number of ketones is 1. The van der Waals surface area contributed by atoms with Crippen LogP contribution in [0.1, 0.15) is 27.8 Å². The summed E-state index contributed by atoms with van der Waals surface area (Å²) >= 11 is 4.82. The summed E-state index contributed by atoms with van der Waals surface area (Å²) in [7, 11) is 0. The number of thiophene rings is 1. The lowest BCUT2D eigenvalue weighted by molar-refractivity contribution is -0.140. The van der Waals surface area contributed by atoms with Crippen LogP contribution < -0.4 is 0 Å². The van der Waals surface area contributed by atoms with E-state index >= 15 is 0 Å². The minimum atomic E-state index is -0.690. The summed E-state index contributed by atoms with van der Waals surface area (Å²) in [5.74, 6) is -0.937. The second-order valence-electron chi connectivity index (χ2n) is 6.48. The van der Waals surface area contributed by atoms with E-state index in [1.165, 1.54) is 22.5 Å². The molecule has 2 aromatic heterocycles. The summed E-state index contributed by atoms with van der Waals surface area (Å²) in [5, 5.41) is 12.9. The Bertz CT molecular complexity index is 1070. The largest absolute Gasteiger partial charge is 0.507 e. The molecular formula is C21H16BrNO4S. The lowest BCUT2D eigenvalue weighted by Crippen LogP contribution is -2.28. The third-order valence-electron chi connectivity index (χ3n) is 4.71. The predicted octanol–water partition coefficient (Wildman–Crippen LogP) is 5.03. The van der Waals surface area contributed by atoms with E-state index in [9.17, 15) is 14.7 Å². The zero-order valence-electron chi connectivity index (χ0n) is 14.9. The van der Waals surface area contributed by atoms with E-state index < -0.39 is 17.7 Å². The summed E-state index contributed by atoms with van der Waals surface area (Å²) < 4.78 is 6.24. The first-order valence-corrected chi connectivity index (χ1v) is 10.3. The molecule has 0 aliphatic carbocycles. The summed E-state index contributed by atoms with van der Waals surface area (Å²) in [6.45, 7) is 2.08. The number of benzene rings is 1. The molecule has 1 aliphatic rings. The van der Waals surface area contributed by atoms with E-state index in [1.54, 1.807) is 36.4 Å². The molecular weight excluding hydrogens is 442 g/mol. The molecule has 0 radical (unpaired) electrons. The van der Waals surface area contributed by atoms with Gasteiger partial charge in [-0.3, -0.25) is 9.59 Å². The number of amides is 1. The normalized spacial score (nSPS) is 18.8. The highest BCUT2D eigenvalue weighted by atomic mass is 79.9. The highest BCUT2D eigenvalue weighted by molar-refractivity contribution is 9.10. The molecule has 1 saturated heterocycles. The molecule has 1 aromatic carbocycles. The number of carbonyl (C=O) groups is 2. The zero-order chi connectivity index (χ0) is 19.8. The van der Waals surface area contributed by atoms with Gasteiger partial charge in [0.05, 0.1) is 18.4 Å². The number of rotatable bonds is 4. The van der Waals surface area contributed by atoms with Gasteiger partial charge < -0.3 is 14.4 Å². The van der Waals surface area contributed by atoms with Crippen LogP contribution in [0.15, 0.2) is 68.6 Å². The first kappa shape index (κ1) is 18.7. The molecule has 28 heavy (non-hydrogen) atoms. The Labute approximate surface area is 174 Å². The van der Waals surface area contributed by atoms with Crippen molar-refractivity contribution >= 4 is 44.7 Å². The van der Waals surface area contributed by atoms with Crippen molar-refractivity contribution in [2.24, 2.45) is 0 Å². The summed E-state index contributed by atoms with van der Waals surface area (Å²) in [5.41, 5.74) is 1.55. The van der Waals surface area contributed by atoms with Crippen molar-refractivity contribution in [3.8, 4) is 0 Å². The number of aliphatic hydroxyl groups is 1. The van der Waals surface area contributed by atoms with Gasteiger partial charge in [-0.25, -0.2) is 0 Å². The molecule has 1 amide bonds. The molecule has 1 aliphatic heterocycles. The second kappa shape index (κ2) is 7.41. The molecule has 0 bridgehead atoms. The van der Waals surface area contributed by atoms with Crippen molar-refractivity contribution in [2.45, 2.75) is 19.5 Å². The van der Waals surface area contributed by atoms with Gasteiger partial charge in [0.2, 0.25) is 0 Å². The topological polar surface area (TPSA) is 70.8 Å². The summed E-state index contributed by atoms with van der Waals surface area (Å²) in [4.78, 5) is 28.0. The molecule has 1 fully saturated rings. The average Bonchev–Trinajstić information content (AvgIpc) is 3.39. The number of furan rings is 1. The van der Waals surface area contributed by atoms with Crippen LogP contribution in [-0.2, 0) is 16.1 Å². The van der Waals surface area contributed by atoms with Crippen LogP contribution in [0.2, 0.25) is 0 Å². The molecule has 5 nitrogen and oxygen atoms in total. The highest BCUT2D eigenvalue weighted by Gasteiger charge is 2.47. The smallest absolute Gasteiger partial charge is 0.296 e. The van der Waals surface area contributed by atoms with Crippen molar-refractivity contribution < 1.29 is 19.1 Å². The quantitative estimate of drug-likeness (QED) is 0.338. The van der Waals surface area contributed by atoms with Gasteiger partial charge in [-0.2, -0.15) is 0 Å². The van der Waals surface area contributed by atoms with Crippen molar-refractivity contribution in [2.75, 3.05) is 0 Å². The van der Waals surface area contributed by atoms with Crippen LogP contribution >= 0.6 is 27.3 Å². The van der Waals surface area contributed by atoms with Gasteiger partial charge in [-0.05, 0) is 48.2 Å². The van der Waals surface area contributed by atoms with E-state index in [2.05, 4.69) is 15.9 Å². The summed E-state index contributed by atoms with van der Waals surface area (Å²) in [6, 6.07) is 11.7. The number of carbonyl (C=O) groups excluding carboxylic acids is 2. The van der Waals surface area contributed by atoms with Crippen molar-refractivity contribution in [3.05, 3.63) is 85.9 Å². The maximum Gasteiger partial charge on any atom is 0.296 e. The maximum absolute atomic E-state index is 12.9. The number of hydrogen-bond acceptors (Lipinski definition) is 5. The van der Waals surface area contributed by atoms with E-state index in [0.717, 1.165) is 14.9 Å². The van der Waals surface area contributed by atoms with Gasteiger partial charge in [-0.15, -0.1) is 11.3 Å². The van der Waals surface area contributed by atoms with Gasteiger partial charge in [0.1, 0.15) is 17.6 Å². The molecule has 4 rings (SSSR count). The number of Topliss-reactive ketones (excluding diaryl/α,β-unsaturated/α-hetero) is 1. The molecule has 1 unspecified atom stereocenters. The Morgan fingerprint density at radius 1 is 1.21 bits per heavy atom. The standard InChI is InChI=1S/C21H16BrNO4S/c1-12-8-10-28-20(12)17-16(18(24)13-4-6-14(22)7-5-13)19(25)21(26)23(17)11-15-3-2-9-27-15/h2-10,17,24H,11H2,1H3/b18-16+. The zero-order valence-corrected chi connectivity index (χ0v) is 17.3. The molecule has 0 saturated carbocycles. The van der Waals surface area contributed by atoms with Crippen molar-refractivity contribution in [1.82, 2.24) is 4.90 Å². The Balaban J connectivity index is 1.87. The lowest BCUT2D eigenvalue weighted by Gasteiger charge is -2.24. The van der Waals surface area contributed by atoms with Crippen LogP contribution in [0.3, 0.4) is 0 Å². The van der Waals surface area contributed by atoms with Crippen molar-refractivity contribution in [1.29, 1.82) is 0 Å². The van der Waals surface area contributed by atoms with Crippen molar-refractivity contribution in [3.63, 3.8) is 0 Å². The SMILES string of the molecule is Cc1ccsc1C1/C(=C(\O)c2ccc(Br)cc2)C(=O)C(=O)N1Cc1ccco1. The first-order valence-electron chi connectivity index (χ1n) is 8.58. The van der Waals surface area contributed by atoms with Gasteiger partial charge in [0.25, 0.3) is 11.7 Å². The Morgan fingerprint density at radius 3 is 2.57 bits per heavy atom. The Kier molecular flexibility index (Phi) is 4.95. The highest BCUT2D eigenvalue weighted by Crippen LogP contribution is 2.43. The van der Waals surface area contributed by atoms with E-state index in [1.807, 2.05) is 18.4 Å². The van der Waals surface area contributed by atoms with E-state index in [0.29, 0.717) is 11.3 Å². The second-order valence-corrected chi connectivity index (χ2v) is 8.34. The van der Waals surface area contributed by atoms with Crippen LogP contribution in [-0.4, -0.2) is 21.7 Å². The lowest BCUT2D eigenvalue weighted by atomic mass is 9.98. The molecule has 0 spiro atoms. The molecule has 142 valence electrons. The third-order valence-corrected chi connectivity index (χ3v) is 6.31. The van der Waals surface area contributed by atoms with E-state index in [4.69, 9.17) is 4.42 Å². The minimum Gasteiger partial charge on any atom is -0.507 e. The number of likely N-dealkylation sites (tertiary alicyclic amines) is 1. The average molecular weight is 458 g/mol. The van der Waals surface area contributed by atoms with Gasteiger partial charge >= 0.3 is 0 Å². The Morgan fingerprint density at radius 2 is 1.96 bits per heavy atom. The third kappa shape index (κ3) is 3.21. The predicted molar refractivity (Wildman–Crippen MR) is 110 cm³/mol. The maximum atomic E-state index is 12.9. The van der Waals surface area contributed by atoms with Crippen LogP contribution in [0.5, 0.6) is 0 Å². The number of nitrogens with zero attached hydrogens (tertiary/aromatic N) is 1. The molecule has 3 aromatic rings. The number of aliphatic hydroxyl groups excluding tert-OH is 1. The minimum absolute atomic E-state index is 0.101. The van der Waals surface area contributed by atoms with Gasteiger partial charge in [0, 0.05) is 14.9 Å². The number of halogens is 1. The van der Waals surface area contributed by atoms with Crippen LogP contribution in [0.25, 0.3) is 5.76 Å². The van der Waals surface area contributed by atoms with Crippen LogP contribution in [0, 0.1) is 6.92 Å². The monoisotopic (exact) mass is 457 g/mol. The van der Waals surface area contributed by atoms with Gasteiger partial charge in [0.15, 0.2) is 0 Å². The van der Waals surface area contributed by atoms with Gasteiger partial charge in [-0.1, -0.05) is 28.1 Å². The van der Waals surface area contributed by atoms with Crippen LogP contribution in [0.4, 0.5) is 0 Å². The fraction of sp³-hybridized carbons (Fsp3) is 0.143. The molecule has 7 heteroatoms. The first-order chi connectivity index (χ1) is 13.5. The molecule has 1 N–H and O–H groups in total. The Hall–Kier alpha value is -2.64. The summed E-state index contributed by atoms with van der Waals surface area (Å²) in [6.07, 6.45) is 1.53. The fourth-order valence-electron chi connectivity index (χ4n) is 3.31. The molecule has 3 heterocycles.